The normalized spacial score (nSPS) is 19.5. The predicted octanol–water partition coefficient (Wildman–Crippen LogP) is 4.37. The number of nitrogens with two attached hydrogens (primary N) is 1. The maximum atomic E-state index is 12.2. The third-order valence-electron chi connectivity index (χ3n) is 5.37. The number of ether oxygens (including phenoxy) is 1. The second-order valence-electron chi connectivity index (χ2n) is 8.61. The molecule has 2 saturated heterocycles. The number of carbonyl (C=O) groups excluding carboxylic acids is 1. The van der Waals surface area contributed by atoms with Gasteiger partial charge < -0.3 is 20.3 Å². The Balaban J connectivity index is 1.59. The number of rotatable bonds is 2. The number of amides is 1. The highest BCUT2D eigenvalue weighted by Crippen LogP contribution is 2.34. The van der Waals surface area contributed by atoms with Crippen LogP contribution in [0.4, 0.5) is 16.2 Å². The van der Waals surface area contributed by atoms with Crippen molar-refractivity contribution in [3.05, 3.63) is 23.8 Å². The molecule has 2 N–H and O–H groups in total. The summed E-state index contributed by atoms with van der Waals surface area (Å²) in [5, 5.41) is 0. The van der Waals surface area contributed by atoms with Crippen molar-refractivity contribution >= 4 is 17.5 Å². The fourth-order valence-electron chi connectivity index (χ4n) is 3.97. The van der Waals surface area contributed by atoms with E-state index in [0.29, 0.717) is 5.92 Å². The zero-order valence-electron chi connectivity index (χ0n) is 16.5. The van der Waals surface area contributed by atoms with E-state index in [1.807, 2.05) is 25.7 Å². The quantitative estimate of drug-likeness (QED) is 0.797. The first-order valence-corrected chi connectivity index (χ1v) is 9.96. The largest absolute Gasteiger partial charge is 0.444 e. The smallest absolute Gasteiger partial charge is 0.410 e. The lowest BCUT2D eigenvalue weighted by molar-refractivity contribution is 0.0205. The third-order valence-corrected chi connectivity index (χ3v) is 5.37. The van der Waals surface area contributed by atoms with E-state index < -0.39 is 5.60 Å². The topological polar surface area (TPSA) is 58.8 Å². The lowest BCUT2D eigenvalue weighted by Gasteiger charge is -2.34. The molecule has 0 radical (unpaired) electrons. The average molecular weight is 360 g/mol. The van der Waals surface area contributed by atoms with Crippen LogP contribution in [-0.4, -0.2) is 42.8 Å². The molecule has 2 heterocycles. The van der Waals surface area contributed by atoms with E-state index in [9.17, 15) is 4.79 Å². The Morgan fingerprint density at radius 3 is 2.31 bits per heavy atom. The van der Waals surface area contributed by atoms with Crippen LogP contribution in [-0.2, 0) is 4.74 Å². The van der Waals surface area contributed by atoms with Gasteiger partial charge in [0.25, 0.3) is 0 Å². The van der Waals surface area contributed by atoms with E-state index in [2.05, 4.69) is 23.1 Å². The van der Waals surface area contributed by atoms with Gasteiger partial charge in [0.1, 0.15) is 5.60 Å². The highest BCUT2D eigenvalue weighted by Gasteiger charge is 2.27. The number of nitrogens with zero attached hydrogens (tertiary/aromatic N) is 2. The minimum absolute atomic E-state index is 0.198. The summed E-state index contributed by atoms with van der Waals surface area (Å²) in [4.78, 5) is 16.4. The summed E-state index contributed by atoms with van der Waals surface area (Å²) < 4.78 is 5.48. The van der Waals surface area contributed by atoms with Gasteiger partial charge in [0.15, 0.2) is 0 Å². The van der Waals surface area contributed by atoms with E-state index in [1.54, 1.807) is 0 Å². The fraction of sp³-hybridized carbons (Fsp3) is 0.667. The number of anilines is 2. The molecule has 1 amide bonds. The van der Waals surface area contributed by atoms with Gasteiger partial charge in [-0.2, -0.15) is 0 Å². The maximum Gasteiger partial charge on any atom is 0.410 e. The van der Waals surface area contributed by atoms with Gasteiger partial charge in [-0.3, -0.25) is 0 Å². The van der Waals surface area contributed by atoms with Gasteiger partial charge in [0.05, 0.1) is 11.4 Å². The molecule has 26 heavy (non-hydrogen) atoms. The van der Waals surface area contributed by atoms with E-state index in [-0.39, 0.29) is 6.09 Å². The zero-order chi connectivity index (χ0) is 18.7. The van der Waals surface area contributed by atoms with Crippen LogP contribution in [0.25, 0.3) is 0 Å². The number of benzene rings is 1. The van der Waals surface area contributed by atoms with E-state index in [1.165, 1.54) is 30.5 Å². The van der Waals surface area contributed by atoms with E-state index in [0.717, 1.165) is 44.7 Å². The fourth-order valence-corrected chi connectivity index (χ4v) is 3.97. The first-order valence-electron chi connectivity index (χ1n) is 9.96. The Hall–Kier alpha value is -1.91. The Morgan fingerprint density at radius 2 is 1.73 bits per heavy atom. The summed E-state index contributed by atoms with van der Waals surface area (Å²) in [6, 6.07) is 6.57. The summed E-state index contributed by atoms with van der Waals surface area (Å²) in [6.45, 7) is 9.43. The first-order chi connectivity index (χ1) is 12.3. The van der Waals surface area contributed by atoms with Gasteiger partial charge >= 0.3 is 6.09 Å². The van der Waals surface area contributed by atoms with Crippen molar-refractivity contribution in [2.45, 2.75) is 64.4 Å². The number of likely N-dealkylation sites (tertiary alicyclic amines) is 1. The molecule has 0 atom stereocenters. The Bertz CT molecular complexity index is 625. The lowest BCUT2D eigenvalue weighted by atomic mass is 9.89. The van der Waals surface area contributed by atoms with Crippen LogP contribution in [0.1, 0.15) is 64.4 Å². The van der Waals surface area contributed by atoms with Gasteiger partial charge in [0.2, 0.25) is 0 Å². The van der Waals surface area contributed by atoms with Crippen molar-refractivity contribution in [3.63, 3.8) is 0 Å². The number of piperidine rings is 2. The standard InChI is InChI=1S/C21H33N3O2/c1-21(2,3)26-20(25)24-13-9-16(10-14-24)17-7-8-19(18(22)15-17)23-11-5-4-6-12-23/h7-8,15-16H,4-6,9-14,22H2,1-3H3. The molecule has 2 aliphatic rings. The molecule has 0 bridgehead atoms. The summed E-state index contributed by atoms with van der Waals surface area (Å²) >= 11 is 0. The zero-order valence-corrected chi connectivity index (χ0v) is 16.5. The van der Waals surface area contributed by atoms with Crippen molar-refractivity contribution < 1.29 is 9.53 Å². The second-order valence-corrected chi connectivity index (χ2v) is 8.61. The molecule has 0 saturated carbocycles. The molecule has 1 aromatic carbocycles. The lowest BCUT2D eigenvalue weighted by Crippen LogP contribution is -2.41. The van der Waals surface area contributed by atoms with Gasteiger partial charge in [-0.1, -0.05) is 6.07 Å². The van der Waals surface area contributed by atoms with Crippen LogP contribution in [0.3, 0.4) is 0 Å². The van der Waals surface area contributed by atoms with Gasteiger partial charge in [-0.25, -0.2) is 4.79 Å². The van der Waals surface area contributed by atoms with Crippen molar-refractivity contribution in [3.8, 4) is 0 Å². The van der Waals surface area contributed by atoms with Crippen molar-refractivity contribution in [1.29, 1.82) is 0 Å². The summed E-state index contributed by atoms with van der Waals surface area (Å²) in [6.07, 6.45) is 5.55. The van der Waals surface area contributed by atoms with Crippen LogP contribution in [0.15, 0.2) is 18.2 Å². The third kappa shape index (κ3) is 4.63. The average Bonchev–Trinajstić information content (AvgIpc) is 2.61. The predicted molar refractivity (Wildman–Crippen MR) is 107 cm³/mol. The number of carbonyl (C=O) groups is 1. The van der Waals surface area contributed by atoms with Crippen molar-refractivity contribution in [1.82, 2.24) is 4.90 Å². The summed E-state index contributed by atoms with van der Waals surface area (Å²) in [5.74, 6) is 0.464. The van der Waals surface area contributed by atoms with Crippen molar-refractivity contribution in [2.75, 3.05) is 36.8 Å². The van der Waals surface area contributed by atoms with Crippen LogP contribution in [0.5, 0.6) is 0 Å². The molecule has 1 aromatic rings. The van der Waals surface area contributed by atoms with Crippen LogP contribution < -0.4 is 10.6 Å². The Kier molecular flexibility index (Phi) is 5.64. The summed E-state index contributed by atoms with van der Waals surface area (Å²) in [7, 11) is 0. The van der Waals surface area contributed by atoms with E-state index >= 15 is 0 Å². The summed E-state index contributed by atoms with van der Waals surface area (Å²) in [5.41, 5.74) is 9.31. The molecule has 144 valence electrons. The Morgan fingerprint density at radius 1 is 1.08 bits per heavy atom. The van der Waals surface area contributed by atoms with Gasteiger partial charge in [-0.05, 0) is 76.5 Å². The number of nitrogen functional groups attached to an aromatic ring is 1. The SMILES string of the molecule is CC(C)(C)OC(=O)N1CCC(c2ccc(N3CCCCC3)c(N)c2)CC1. The van der Waals surface area contributed by atoms with Gasteiger partial charge in [-0.15, -0.1) is 0 Å². The second kappa shape index (κ2) is 7.77. The molecule has 5 nitrogen and oxygen atoms in total. The van der Waals surface area contributed by atoms with Crippen LogP contribution in [0, 0.1) is 0 Å². The highest BCUT2D eigenvalue weighted by atomic mass is 16.6. The molecule has 0 spiro atoms. The maximum absolute atomic E-state index is 12.2. The molecular formula is C21H33N3O2. The molecule has 0 unspecified atom stereocenters. The highest BCUT2D eigenvalue weighted by molar-refractivity contribution is 5.69. The van der Waals surface area contributed by atoms with Crippen LogP contribution >= 0.6 is 0 Å². The minimum Gasteiger partial charge on any atom is -0.444 e. The monoisotopic (exact) mass is 359 g/mol. The first kappa shape index (κ1) is 18.9. The molecule has 0 aliphatic carbocycles. The molecular weight excluding hydrogens is 326 g/mol. The Labute approximate surface area is 157 Å². The minimum atomic E-state index is -0.438. The number of hydrogen-bond donors (Lipinski definition) is 1. The van der Waals surface area contributed by atoms with E-state index in [4.69, 9.17) is 10.5 Å². The molecule has 5 heteroatoms. The molecule has 0 aromatic heterocycles. The number of hydrogen-bond acceptors (Lipinski definition) is 4. The molecule has 3 rings (SSSR count). The molecule has 2 aliphatic heterocycles. The molecule has 2 fully saturated rings. The van der Waals surface area contributed by atoms with Crippen molar-refractivity contribution in [2.24, 2.45) is 0 Å². The van der Waals surface area contributed by atoms with Gasteiger partial charge in [0, 0.05) is 26.2 Å². The van der Waals surface area contributed by atoms with Crippen LogP contribution in [0.2, 0.25) is 0 Å².